The van der Waals surface area contributed by atoms with Crippen LogP contribution >= 0.6 is 11.6 Å². The molecular weight excluding hydrogens is 288 g/mol. The molecule has 2 aromatic carbocycles. The van der Waals surface area contributed by atoms with Gasteiger partial charge in [0, 0.05) is 5.02 Å². The van der Waals surface area contributed by atoms with Crippen molar-refractivity contribution in [2.45, 2.75) is 19.6 Å². The lowest BCUT2D eigenvalue weighted by atomic mass is 10.1. The number of carbonyl (C=O) groups excluding carboxylic acids is 1. The van der Waals surface area contributed by atoms with Gasteiger partial charge in [-0.05, 0) is 24.1 Å². The van der Waals surface area contributed by atoms with E-state index in [1.54, 1.807) is 6.07 Å². The van der Waals surface area contributed by atoms with Crippen molar-refractivity contribution in [2.75, 3.05) is 0 Å². The van der Waals surface area contributed by atoms with E-state index in [1.165, 1.54) is 0 Å². The molecule has 2 amide bonds. The lowest BCUT2D eigenvalue weighted by Crippen LogP contribution is -2.37. The second-order valence-electron chi connectivity index (χ2n) is 4.59. The molecule has 0 aliphatic heterocycles. The lowest BCUT2D eigenvalue weighted by molar-refractivity contribution is 0.0483. The number of hydrogen-bond donors (Lipinski definition) is 2. The molecule has 0 fully saturated rings. The summed E-state index contributed by atoms with van der Waals surface area (Å²) in [5.74, 6) is 0. The predicted octanol–water partition coefficient (Wildman–Crippen LogP) is 3.83. The third-order valence-electron chi connectivity index (χ3n) is 2.97. The standard InChI is InChI=1S/C16H17ClN2O2/c1-12(14-9-5-6-10-15(14)17)18-16(20)19-21-11-13-7-3-2-4-8-13/h2-10,12H,11H2,1H3,(H2,18,19,20). The number of hydroxylamine groups is 1. The predicted molar refractivity (Wildman–Crippen MR) is 82.8 cm³/mol. The molecule has 5 heteroatoms. The number of hydrogen-bond acceptors (Lipinski definition) is 2. The monoisotopic (exact) mass is 304 g/mol. The van der Waals surface area contributed by atoms with Gasteiger partial charge >= 0.3 is 6.03 Å². The Morgan fingerprint density at radius 3 is 2.52 bits per heavy atom. The van der Waals surface area contributed by atoms with E-state index in [-0.39, 0.29) is 6.04 Å². The molecule has 0 spiro atoms. The van der Waals surface area contributed by atoms with Crippen molar-refractivity contribution in [3.05, 3.63) is 70.7 Å². The molecule has 0 saturated carbocycles. The van der Waals surface area contributed by atoms with E-state index >= 15 is 0 Å². The second-order valence-corrected chi connectivity index (χ2v) is 5.00. The number of carbonyl (C=O) groups is 1. The zero-order chi connectivity index (χ0) is 15.1. The van der Waals surface area contributed by atoms with Gasteiger partial charge in [-0.3, -0.25) is 4.84 Å². The van der Waals surface area contributed by atoms with Gasteiger partial charge in [0.2, 0.25) is 0 Å². The van der Waals surface area contributed by atoms with Gasteiger partial charge in [0.05, 0.1) is 12.6 Å². The van der Waals surface area contributed by atoms with Gasteiger partial charge < -0.3 is 5.32 Å². The van der Waals surface area contributed by atoms with Crippen LogP contribution < -0.4 is 10.8 Å². The minimum absolute atomic E-state index is 0.209. The maximum Gasteiger partial charge on any atom is 0.339 e. The average Bonchev–Trinajstić information content (AvgIpc) is 2.48. The average molecular weight is 305 g/mol. The van der Waals surface area contributed by atoms with Crippen LogP contribution in [-0.2, 0) is 11.4 Å². The Balaban J connectivity index is 1.78. The molecule has 0 radical (unpaired) electrons. The van der Waals surface area contributed by atoms with Crippen LogP contribution in [0.2, 0.25) is 5.02 Å². The summed E-state index contributed by atoms with van der Waals surface area (Å²) in [5.41, 5.74) is 4.20. The Labute approximate surface area is 129 Å². The molecule has 2 N–H and O–H groups in total. The molecule has 0 bridgehead atoms. The quantitative estimate of drug-likeness (QED) is 0.825. The summed E-state index contributed by atoms with van der Waals surface area (Å²) in [6.45, 7) is 2.17. The molecule has 21 heavy (non-hydrogen) atoms. The molecule has 2 aromatic rings. The van der Waals surface area contributed by atoms with Gasteiger partial charge in [0.25, 0.3) is 0 Å². The zero-order valence-electron chi connectivity index (χ0n) is 11.7. The van der Waals surface area contributed by atoms with Crippen LogP contribution in [0.1, 0.15) is 24.1 Å². The van der Waals surface area contributed by atoms with E-state index in [0.29, 0.717) is 11.6 Å². The first-order valence-electron chi connectivity index (χ1n) is 6.63. The normalized spacial score (nSPS) is 11.7. The maximum absolute atomic E-state index is 11.7. The topological polar surface area (TPSA) is 50.4 Å². The van der Waals surface area contributed by atoms with E-state index in [0.717, 1.165) is 11.1 Å². The first-order chi connectivity index (χ1) is 10.2. The number of halogens is 1. The Kier molecular flexibility index (Phi) is 5.60. The fourth-order valence-corrected chi connectivity index (χ4v) is 2.19. The summed E-state index contributed by atoms with van der Waals surface area (Å²) in [5, 5.41) is 3.38. The Morgan fingerprint density at radius 1 is 1.14 bits per heavy atom. The molecule has 1 atom stereocenters. The van der Waals surface area contributed by atoms with Crippen LogP contribution in [0.4, 0.5) is 4.79 Å². The first-order valence-corrected chi connectivity index (χ1v) is 7.01. The molecule has 0 heterocycles. The summed E-state index contributed by atoms with van der Waals surface area (Å²) in [4.78, 5) is 16.9. The number of rotatable bonds is 5. The van der Waals surface area contributed by atoms with Crippen LogP contribution in [0, 0.1) is 0 Å². The van der Waals surface area contributed by atoms with Gasteiger partial charge in [-0.25, -0.2) is 10.3 Å². The summed E-state index contributed by atoms with van der Waals surface area (Å²) in [7, 11) is 0. The van der Waals surface area contributed by atoms with Crippen LogP contribution in [0.3, 0.4) is 0 Å². The zero-order valence-corrected chi connectivity index (χ0v) is 12.4. The van der Waals surface area contributed by atoms with Crippen molar-refractivity contribution >= 4 is 17.6 Å². The van der Waals surface area contributed by atoms with Crippen LogP contribution in [0.5, 0.6) is 0 Å². The number of amides is 2. The Hall–Kier alpha value is -2.04. The van der Waals surface area contributed by atoms with Crippen molar-refractivity contribution in [2.24, 2.45) is 0 Å². The van der Waals surface area contributed by atoms with Gasteiger partial charge in [0.1, 0.15) is 0 Å². The highest BCUT2D eigenvalue weighted by molar-refractivity contribution is 6.31. The van der Waals surface area contributed by atoms with Gasteiger partial charge in [-0.15, -0.1) is 0 Å². The second kappa shape index (κ2) is 7.67. The Morgan fingerprint density at radius 2 is 1.81 bits per heavy atom. The summed E-state index contributed by atoms with van der Waals surface area (Å²) < 4.78 is 0. The third kappa shape index (κ3) is 4.77. The van der Waals surface area contributed by atoms with Crippen LogP contribution in [-0.4, -0.2) is 6.03 Å². The molecule has 4 nitrogen and oxygen atoms in total. The maximum atomic E-state index is 11.7. The Bertz CT molecular complexity index is 590. The highest BCUT2D eigenvalue weighted by atomic mass is 35.5. The third-order valence-corrected chi connectivity index (χ3v) is 3.31. The van der Waals surface area contributed by atoms with Gasteiger partial charge in [0.15, 0.2) is 0 Å². The lowest BCUT2D eigenvalue weighted by Gasteiger charge is -2.16. The molecule has 1 unspecified atom stereocenters. The smallest absolute Gasteiger partial charge is 0.330 e. The van der Waals surface area contributed by atoms with Gasteiger partial charge in [-0.1, -0.05) is 60.1 Å². The summed E-state index contributed by atoms with van der Waals surface area (Å²) >= 11 is 6.08. The fraction of sp³-hybridized carbons (Fsp3) is 0.188. The van der Waals surface area contributed by atoms with Crippen molar-refractivity contribution in [1.82, 2.24) is 10.8 Å². The van der Waals surface area contributed by atoms with Crippen molar-refractivity contribution < 1.29 is 9.63 Å². The molecule has 110 valence electrons. The minimum atomic E-state index is -0.404. The first kappa shape index (κ1) is 15.4. The number of nitrogens with one attached hydrogen (secondary N) is 2. The van der Waals surface area contributed by atoms with Crippen molar-refractivity contribution in [3.8, 4) is 0 Å². The highest BCUT2D eigenvalue weighted by Gasteiger charge is 2.11. The summed E-state index contributed by atoms with van der Waals surface area (Å²) in [6.07, 6.45) is 0. The number of urea groups is 1. The van der Waals surface area contributed by atoms with E-state index in [4.69, 9.17) is 16.4 Å². The van der Waals surface area contributed by atoms with E-state index < -0.39 is 6.03 Å². The summed E-state index contributed by atoms with van der Waals surface area (Å²) in [6, 6.07) is 16.4. The van der Waals surface area contributed by atoms with E-state index in [1.807, 2.05) is 55.5 Å². The molecule has 0 aromatic heterocycles. The number of benzene rings is 2. The van der Waals surface area contributed by atoms with Crippen molar-refractivity contribution in [1.29, 1.82) is 0 Å². The van der Waals surface area contributed by atoms with Crippen molar-refractivity contribution in [3.63, 3.8) is 0 Å². The molecule has 0 saturated heterocycles. The van der Waals surface area contributed by atoms with E-state index in [2.05, 4.69) is 10.8 Å². The molecule has 0 aliphatic carbocycles. The largest absolute Gasteiger partial charge is 0.339 e. The highest BCUT2D eigenvalue weighted by Crippen LogP contribution is 2.21. The molecule has 0 aliphatic rings. The SMILES string of the molecule is CC(NC(=O)NOCc1ccccc1)c1ccccc1Cl. The van der Waals surface area contributed by atoms with E-state index in [9.17, 15) is 4.79 Å². The fourth-order valence-electron chi connectivity index (χ4n) is 1.89. The molecular formula is C16H17ClN2O2. The van der Waals surface area contributed by atoms with Gasteiger partial charge in [-0.2, -0.15) is 0 Å². The molecule has 2 rings (SSSR count). The minimum Gasteiger partial charge on any atom is -0.330 e. The van der Waals surface area contributed by atoms with Crippen LogP contribution in [0.15, 0.2) is 54.6 Å². The van der Waals surface area contributed by atoms with Crippen LogP contribution in [0.25, 0.3) is 0 Å².